The average Bonchev–Trinajstić information content (AvgIpc) is 2.78. The Hall–Kier alpha value is -3.62. The molecule has 0 spiro atoms. The van der Waals surface area contributed by atoms with Gasteiger partial charge in [0, 0.05) is 24.4 Å². The average molecular weight is 442 g/mol. The lowest BCUT2D eigenvalue weighted by atomic mass is 10.0. The van der Waals surface area contributed by atoms with Gasteiger partial charge < -0.3 is 20.7 Å². The Labute approximate surface area is 186 Å². The van der Waals surface area contributed by atoms with Crippen molar-refractivity contribution in [1.29, 1.82) is 0 Å². The third-order valence-corrected chi connectivity index (χ3v) is 4.87. The second kappa shape index (κ2) is 11.7. The summed E-state index contributed by atoms with van der Waals surface area (Å²) in [5.74, 6) is -2.38. The maximum absolute atomic E-state index is 14.2. The van der Waals surface area contributed by atoms with Crippen molar-refractivity contribution < 1.29 is 23.6 Å². The van der Waals surface area contributed by atoms with Crippen molar-refractivity contribution in [2.75, 3.05) is 0 Å². The lowest BCUT2D eigenvalue weighted by Gasteiger charge is -2.23. The van der Waals surface area contributed by atoms with Crippen LogP contribution in [-0.4, -0.2) is 47.1 Å². The smallest absolute Gasteiger partial charge is 0.252 e. The summed E-state index contributed by atoms with van der Waals surface area (Å²) >= 11 is 0. The number of amides is 3. The van der Waals surface area contributed by atoms with E-state index in [0.717, 1.165) is 0 Å². The Morgan fingerprint density at radius 1 is 0.969 bits per heavy atom. The number of aldehydes is 1. The van der Waals surface area contributed by atoms with Crippen LogP contribution in [0.2, 0.25) is 0 Å². The molecule has 1 aromatic heterocycles. The number of benzene rings is 1. The minimum Gasteiger partial charge on any atom is -0.345 e. The summed E-state index contributed by atoms with van der Waals surface area (Å²) in [6.45, 7) is 5.02. The number of pyridine rings is 1. The number of hydrogen-bond acceptors (Lipinski definition) is 5. The first-order valence-electron chi connectivity index (χ1n) is 10.2. The Balaban J connectivity index is 2.15. The number of carbonyl (C=O) groups excluding carboxylic acids is 4. The normalized spacial score (nSPS) is 13.5. The topological polar surface area (TPSA) is 117 Å². The molecule has 32 heavy (non-hydrogen) atoms. The van der Waals surface area contributed by atoms with Crippen LogP contribution >= 0.6 is 0 Å². The van der Waals surface area contributed by atoms with Gasteiger partial charge in [-0.25, -0.2) is 4.39 Å². The van der Waals surface area contributed by atoms with Gasteiger partial charge in [-0.2, -0.15) is 0 Å². The number of halogens is 1. The first-order chi connectivity index (χ1) is 15.2. The summed E-state index contributed by atoms with van der Waals surface area (Å²) in [5.41, 5.74) is 0.517. The molecule has 8 nitrogen and oxygen atoms in total. The van der Waals surface area contributed by atoms with Crippen LogP contribution in [0.25, 0.3) is 0 Å². The molecule has 0 unspecified atom stereocenters. The van der Waals surface area contributed by atoms with Crippen LogP contribution in [0.15, 0.2) is 48.8 Å². The van der Waals surface area contributed by atoms with E-state index in [1.54, 1.807) is 19.9 Å². The van der Waals surface area contributed by atoms with Gasteiger partial charge in [0.05, 0.1) is 6.04 Å². The zero-order valence-corrected chi connectivity index (χ0v) is 18.2. The van der Waals surface area contributed by atoms with Gasteiger partial charge in [0.2, 0.25) is 11.8 Å². The predicted molar refractivity (Wildman–Crippen MR) is 116 cm³/mol. The molecule has 1 heterocycles. The Kier molecular flexibility index (Phi) is 9.00. The van der Waals surface area contributed by atoms with Gasteiger partial charge in [-0.15, -0.1) is 0 Å². The summed E-state index contributed by atoms with van der Waals surface area (Å²) in [6, 6.07) is 6.07. The fourth-order valence-electron chi connectivity index (χ4n) is 2.86. The number of rotatable bonds is 10. The van der Waals surface area contributed by atoms with Crippen LogP contribution in [-0.2, 0) is 20.8 Å². The fourth-order valence-corrected chi connectivity index (χ4v) is 2.86. The quantitative estimate of drug-likeness (QED) is 0.481. The van der Waals surface area contributed by atoms with Crippen LogP contribution in [0, 0.1) is 11.7 Å². The molecular formula is C23H27FN4O4. The van der Waals surface area contributed by atoms with Crippen LogP contribution in [0.5, 0.6) is 0 Å². The molecule has 170 valence electrons. The monoisotopic (exact) mass is 442 g/mol. The van der Waals surface area contributed by atoms with Crippen molar-refractivity contribution in [1.82, 2.24) is 20.9 Å². The van der Waals surface area contributed by atoms with E-state index in [4.69, 9.17) is 0 Å². The second-order valence-electron chi connectivity index (χ2n) is 7.70. The molecule has 0 saturated heterocycles. The van der Waals surface area contributed by atoms with Crippen molar-refractivity contribution in [3.05, 3.63) is 65.7 Å². The Morgan fingerprint density at radius 2 is 1.62 bits per heavy atom. The van der Waals surface area contributed by atoms with Gasteiger partial charge in [0.15, 0.2) is 0 Å². The molecule has 3 amide bonds. The first kappa shape index (κ1) is 24.6. The van der Waals surface area contributed by atoms with Gasteiger partial charge in [0.25, 0.3) is 5.91 Å². The molecule has 0 aliphatic heterocycles. The summed E-state index contributed by atoms with van der Waals surface area (Å²) in [5, 5.41) is 7.68. The highest BCUT2D eigenvalue weighted by Gasteiger charge is 2.27. The molecule has 0 radical (unpaired) electrons. The van der Waals surface area contributed by atoms with Gasteiger partial charge in [0.1, 0.15) is 24.2 Å². The van der Waals surface area contributed by atoms with E-state index in [0.29, 0.717) is 6.29 Å². The maximum Gasteiger partial charge on any atom is 0.252 e. The van der Waals surface area contributed by atoms with E-state index < -0.39 is 41.7 Å². The first-order valence-corrected chi connectivity index (χ1v) is 10.2. The number of aromatic nitrogens is 1. The lowest BCUT2D eigenvalue weighted by Crippen LogP contribution is -2.55. The van der Waals surface area contributed by atoms with Gasteiger partial charge >= 0.3 is 0 Å². The van der Waals surface area contributed by atoms with E-state index in [-0.39, 0.29) is 23.5 Å². The van der Waals surface area contributed by atoms with Crippen molar-refractivity contribution in [3.8, 4) is 0 Å². The molecule has 3 N–H and O–H groups in total. The predicted octanol–water partition coefficient (Wildman–Crippen LogP) is 1.41. The van der Waals surface area contributed by atoms with Gasteiger partial charge in [-0.3, -0.25) is 19.4 Å². The molecule has 2 aromatic rings. The molecule has 3 atom stereocenters. The Morgan fingerprint density at radius 3 is 2.22 bits per heavy atom. The molecule has 1 aromatic carbocycles. The number of hydrogen-bond donors (Lipinski definition) is 3. The Bertz CT molecular complexity index is 952. The number of nitrogens with one attached hydrogen (secondary N) is 3. The zero-order valence-electron chi connectivity index (χ0n) is 18.2. The van der Waals surface area contributed by atoms with Gasteiger partial charge in [-0.05, 0) is 36.6 Å². The minimum absolute atomic E-state index is 0.118. The molecular weight excluding hydrogens is 415 g/mol. The summed E-state index contributed by atoms with van der Waals surface area (Å²) in [4.78, 5) is 52.9. The highest BCUT2D eigenvalue weighted by molar-refractivity contribution is 5.98. The van der Waals surface area contributed by atoms with Crippen LogP contribution in [0.3, 0.4) is 0 Å². The van der Waals surface area contributed by atoms with Crippen LogP contribution in [0.1, 0.15) is 36.7 Å². The van der Waals surface area contributed by atoms with Crippen molar-refractivity contribution in [3.63, 3.8) is 0 Å². The lowest BCUT2D eigenvalue weighted by molar-refractivity contribution is -0.130. The third kappa shape index (κ3) is 6.97. The highest BCUT2D eigenvalue weighted by atomic mass is 19.1. The van der Waals surface area contributed by atoms with E-state index in [1.807, 2.05) is 0 Å². The summed E-state index contributed by atoms with van der Waals surface area (Å²) < 4.78 is 14.2. The molecule has 0 saturated carbocycles. The van der Waals surface area contributed by atoms with E-state index in [9.17, 15) is 23.6 Å². The molecule has 2 rings (SSSR count). The maximum atomic E-state index is 14.2. The van der Waals surface area contributed by atoms with Gasteiger partial charge in [-0.1, -0.05) is 32.0 Å². The molecule has 9 heteroatoms. The third-order valence-electron chi connectivity index (χ3n) is 4.87. The number of nitrogens with zero attached hydrogens (tertiary/aromatic N) is 1. The zero-order chi connectivity index (χ0) is 23.7. The molecule has 0 fully saturated rings. The summed E-state index contributed by atoms with van der Waals surface area (Å²) in [6.07, 6.45) is 3.39. The van der Waals surface area contributed by atoms with E-state index >= 15 is 0 Å². The van der Waals surface area contributed by atoms with Crippen LogP contribution < -0.4 is 16.0 Å². The van der Waals surface area contributed by atoms with E-state index in [2.05, 4.69) is 20.9 Å². The second-order valence-corrected chi connectivity index (χ2v) is 7.70. The largest absolute Gasteiger partial charge is 0.345 e. The number of carbonyl (C=O) groups is 4. The molecule has 0 bridgehead atoms. The molecule has 0 aliphatic rings. The molecule has 0 aliphatic carbocycles. The van der Waals surface area contributed by atoms with Crippen molar-refractivity contribution in [2.45, 2.75) is 45.3 Å². The van der Waals surface area contributed by atoms with Crippen molar-refractivity contribution >= 4 is 24.0 Å². The van der Waals surface area contributed by atoms with Crippen molar-refractivity contribution in [2.24, 2.45) is 5.92 Å². The summed E-state index contributed by atoms with van der Waals surface area (Å²) in [7, 11) is 0. The van der Waals surface area contributed by atoms with E-state index in [1.165, 1.54) is 49.6 Å². The minimum atomic E-state index is -1.14. The fraction of sp³-hybridized carbons (Fsp3) is 0.348. The van der Waals surface area contributed by atoms with Crippen LogP contribution in [0.4, 0.5) is 4.39 Å². The SMILES string of the molecule is CC(C)[C@@H](C=O)NC(=O)[C@H](C)NC(=O)[C@H](Cc1ccccc1F)NC(=O)c1ccncc1. The standard InChI is InChI=1S/C23H27FN4O4/c1-14(2)20(13-29)28-21(30)15(3)26-23(32)19(12-17-6-4-5-7-18(17)24)27-22(31)16-8-10-25-11-9-16/h4-11,13-15,19-20H,12H2,1-3H3,(H,26,32)(H,27,31)(H,28,30)/t15-,19-,20+/m0/s1. The highest BCUT2D eigenvalue weighted by Crippen LogP contribution is 2.10.